The fraction of sp³-hybridized carbons (Fsp3) is 0.800. The van der Waals surface area contributed by atoms with Gasteiger partial charge in [-0.1, -0.05) is 6.42 Å². The highest BCUT2D eigenvalue weighted by Crippen LogP contribution is 2.33. The maximum atomic E-state index is 4.51. The van der Waals surface area contributed by atoms with Crippen LogP contribution in [-0.2, 0) is 13.5 Å². The molecule has 2 unspecified atom stereocenters. The molecule has 0 aromatic carbocycles. The standard InChI is InChI=1S/C15H27N3/c1-15(2,3)16-11-13-7-5-6-12(13)10-14-8-9-18(4)17-14/h8-9,12-13,16H,5-7,10-11H2,1-4H3. The molecule has 1 aliphatic rings. The van der Waals surface area contributed by atoms with Crippen LogP contribution in [0.4, 0.5) is 0 Å². The summed E-state index contributed by atoms with van der Waals surface area (Å²) >= 11 is 0. The number of hydrogen-bond donors (Lipinski definition) is 1. The van der Waals surface area contributed by atoms with Gasteiger partial charge in [-0.25, -0.2) is 0 Å². The van der Waals surface area contributed by atoms with E-state index in [1.807, 2.05) is 17.9 Å². The maximum Gasteiger partial charge on any atom is 0.0627 e. The summed E-state index contributed by atoms with van der Waals surface area (Å²) in [5.74, 6) is 1.64. The van der Waals surface area contributed by atoms with E-state index in [9.17, 15) is 0 Å². The van der Waals surface area contributed by atoms with Crippen LogP contribution in [0.1, 0.15) is 45.7 Å². The molecule has 1 aromatic heterocycles. The van der Waals surface area contributed by atoms with E-state index in [-0.39, 0.29) is 5.54 Å². The molecule has 0 saturated heterocycles. The molecule has 1 aromatic rings. The Hall–Kier alpha value is -0.830. The number of nitrogens with zero attached hydrogens (tertiary/aromatic N) is 2. The lowest BCUT2D eigenvalue weighted by Crippen LogP contribution is -2.40. The largest absolute Gasteiger partial charge is 0.312 e. The maximum absolute atomic E-state index is 4.51. The van der Waals surface area contributed by atoms with Gasteiger partial charge in [0, 0.05) is 18.8 Å². The van der Waals surface area contributed by atoms with E-state index in [0.717, 1.165) is 24.8 Å². The van der Waals surface area contributed by atoms with Gasteiger partial charge >= 0.3 is 0 Å². The molecule has 102 valence electrons. The molecule has 0 amide bonds. The van der Waals surface area contributed by atoms with Crippen LogP contribution < -0.4 is 5.32 Å². The van der Waals surface area contributed by atoms with Crippen LogP contribution in [0.3, 0.4) is 0 Å². The molecule has 18 heavy (non-hydrogen) atoms. The molecule has 0 radical (unpaired) electrons. The molecule has 1 heterocycles. The molecule has 0 spiro atoms. The summed E-state index contributed by atoms with van der Waals surface area (Å²) in [6, 6.07) is 2.16. The fourth-order valence-electron chi connectivity index (χ4n) is 2.93. The highest BCUT2D eigenvalue weighted by Gasteiger charge is 2.28. The molecule has 3 heteroatoms. The number of nitrogens with one attached hydrogen (secondary N) is 1. The van der Waals surface area contributed by atoms with Crippen molar-refractivity contribution < 1.29 is 0 Å². The second-order valence-electron chi connectivity index (χ2n) is 6.77. The molecule has 0 aliphatic heterocycles. The molecule has 1 aliphatic carbocycles. The zero-order chi connectivity index (χ0) is 13.2. The van der Waals surface area contributed by atoms with E-state index >= 15 is 0 Å². The first-order valence-corrected chi connectivity index (χ1v) is 7.17. The zero-order valence-corrected chi connectivity index (χ0v) is 12.2. The number of rotatable bonds is 4. The third-order valence-electron chi connectivity index (χ3n) is 3.95. The molecule has 1 N–H and O–H groups in total. The Bertz CT molecular complexity index is 375. The van der Waals surface area contributed by atoms with E-state index in [1.165, 1.54) is 25.0 Å². The molecular weight excluding hydrogens is 222 g/mol. The first-order valence-electron chi connectivity index (χ1n) is 7.17. The minimum Gasteiger partial charge on any atom is -0.312 e. The van der Waals surface area contributed by atoms with Crippen molar-refractivity contribution in [2.24, 2.45) is 18.9 Å². The lowest BCUT2D eigenvalue weighted by molar-refractivity contribution is 0.315. The minimum absolute atomic E-state index is 0.234. The van der Waals surface area contributed by atoms with Gasteiger partial charge in [-0.3, -0.25) is 4.68 Å². The third kappa shape index (κ3) is 3.84. The average Bonchev–Trinajstić information content (AvgIpc) is 2.85. The number of hydrogen-bond acceptors (Lipinski definition) is 2. The minimum atomic E-state index is 0.234. The molecule has 1 saturated carbocycles. The number of aryl methyl sites for hydroxylation is 1. The van der Waals surface area contributed by atoms with E-state index in [1.54, 1.807) is 0 Å². The summed E-state index contributed by atoms with van der Waals surface area (Å²) < 4.78 is 1.91. The molecule has 2 rings (SSSR count). The zero-order valence-electron chi connectivity index (χ0n) is 12.2. The lowest BCUT2D eigenvalue weighted by atomic mass is 9.91. The second kappa shape index (κ2) is 5.43. The van der Waals surface area contributed by atoms with Crippen LogP contribution in [0.2, 0.25) is 0 Å². The van der Waals surface area contributed by atoms with Crippen LogP contribution in [0.5, 0.6) is 0 Å². The lowest BCUT2D eigenvalue weighted by Gasteiger charge is -2.26. The first kappa shape index (κ1) is 13.6. The van der Waals surface area contributed by atoms with Crippen molar-refractivity contribution in [3.05, 3.63) is 18.0 Å². The van der Waals surface area contributed by atoms with Crippen molar-refractivity contribution >= 4 is 0 Å². The summed E-state index contributed by atoms with van der Waals surface area (Å²) in [6.07, 6.45) is 7.33. The van der Waals surface area contributed by atoms with Gasteiger partial charge in [-0.05, 0) is 64.5 Å². The van der Waals surface area contributed by atoms with E-state index < -0.39 is 0 Å². The Kier molecular flexibility index (Phi) is 4.10. The van der Waals surface area contributed by atoms with E-state index in [0.29, 0.717) is 0 Å². The molecule has 1 fully saturated rings. The van der Waals surface area contributed by atoms with Gasteiger partial charge in [0.15, 0.2) is 0 Å². The summed E-state index contributed by atoms with van der Waals surface area (Å²) in [5, 5.41) is 8.17. The van der Waals surface area contributed by atoms with Gasteiger partial charge in [0.05, 0.1) is 5.69 Å². The van der Waals surface area contributed by atoms with Gasteiger partial charge in [-0.15, -0.1) is 0 Å². The van der Waals surface area contributed by atoms with E-state index in [4.69, 9.17) is 0 Å². The molecular formula is C15H27N3. The first-order chi connectivity index (χ1) is 8.44. The van der Waals surface area contributed by atoms with Crippen molar-refractivity contribution in [1.82, 2.24) is 15.1 Å². The molecule has 2 atom stereocenters. The Balaban J connectivity index is 1.87. The summed E-state index contributed by atoms with van der Waals surface area (Å²) in [5.41, 5.74) is 1.49. The van der Waals surface area contributed by atoms with Crippen molar-refractivity contribution in [3.63, 3.8) is 0 Å². The van der Waals surface area contributed by atoms with Gasteiger partial charge in [0.2, 0.25) is 0 Å². The van der Waals surface area contributed by atoms with Crippen molar-refractivity contribution in [3.8, 4) is 0 Å². The van der Waals surface area contributed by atoms with Gasteiger partial charge < -0.3 is 5.32 Å². The summed E-state index contributed by atoms with van der Waals surface area (Å²) in [6.45, 7) is 7.89. The summed E-state index contributed by atoms with van der Waals surface area (Å²) in [7, 11) is 2.00. The predicted octanol–water partition coefficient (Wildman–Crippen LogP) is 2.77. The van der Waals surface area contributed by atoms with Gasteiger partial charge in [0.25, 0.3) is 0 Å². The Morgan fingerprint density at radius 2 is 2.06 bits per heavy atom. The van der Waals surface area contributed by atoms with Crippen LogP contribution in [0, 0.1) is 11.8 Å². The monoisotopic (exact) mass is 249 g/mol. The van der Waals surface area contributed by atoms with E-state index in [2.05, 4.69) is 37.3 Å². The predicted molar refractivity (Wildman–Crippen MR) is 75.5 cm³/mol. The average molecular weight is 249 g/mol. The Morgan fingerprint density at radius 3 is 2.67 bits per heavy atom. The Labute approximate surface area is 111 Å². The Morgan fingerprint density at radius 1 is 1.33 bits per heavy atom. The quantitative estimate of drug-likeness (QED) is 0.889. The molecule has 3 nitrogen and oxygen atoms in total. The number of aromatic nitrogens is 2. The van der Waals surface area contributed by atoms with Crippen molar-refractivity contribution in [2.75, 3.05) is 6.54 Å². The second-order valence-corrected chi connectivity index (χ2v) is 6.77. The smallest absolute Gasteiger partial charge is 0.0627 e. The van der Waals surface area contributed by atoms with Gasteiger partial charge in [-0.2, -0.15) is 5.10 Å². The van der Waals surface area contributed by atoms with Gasteiger partial charge in [0.1, 0.15) is 0 Å². The van der Waals surface area contributed by atoms with Crippen LogP contribution in [0.25, 0.3) is 0 Å². The fourth-order valence-corrected chi connectivity index (χ4v) is 2.93. The van der Waals surface area contributed by atoms with Crippen molar-refractivity contribution in [1.29, 1.82) is 0 Å². The topological polar surface area (TPSA) is 29.9 Å². The third-order valence-corrected chi connectivity index (χ3v) is 3.95. The molecule has 0 bridgehead atoms. The summed E-state index contributed by atoms with van der Waals surface area (Å²) in [4.78, 5) is 0. The highest BCUT2D eigenvalue weighted by atomic mass is 15.2. The van der Waals surface area contributed by atoms with Crippen LogP contribution in [0.15, 0.2) is 12.3 Å². The normalized spacial score (nSPS) is 24.7. The highest BCUT2D eigenvalue weighted by molar-refractivity contribution is 5.01. The SMILES string of the molecule is Cn1ccc(CC2CCCC2CNC(C)(C)C)n1. The van der Waals surface area contributed by atoms with Crippen LogP contribution in [-0.4, -0.2) is 21.9 Å². The van der Waals surface area contributed by atoms with Crippen LogP contribution >= 0.6 is 0 Å². The van der Waals surface area contributed by atoms with Crippen molar-refractivity contribution in [2.45, 2.75) is 52.0 Å².